The number of hydrogen-bond acceptors (Lipinski definition) is 3. The fraction of sp³-hybridized carbons (Fsp3) is 0.692. The van der Waals surface area contributed by atoms with Crippen LogP contribution in [0.15, 0.2) is 4.47 Å². The molecule has 0 fully saturated rings. The zero-order valence-corrected chi connectivity index (χ0v) is 13.7. The Morgan fingerprint density at radius 2 is 2.16 bits per heavy atom. The number of nitrogens with one attached hydrogen (secondary N) is 1. The summed E-state index contributed by atoms with van der Waals surface area (Å²) in [5.74, 6) is 0.0679. The fourth-order valence-electron chi connectivity index (χ4n) is 1.87. The number of rotatable bonds is 7. The fourth-order valence-corrected chi connectivity index (χ4v) is 2.61. The van der Waals surface area contributed by atoms with Gasteiger partial charge in [-0.2, -0.15) is 5.10 Å². The molecule has 0 atom stereocenters. The minimum Gasteiger partial charge on any atom is -0.355 e. The van der Waals surface area contributed by atoms with Gasteiger partial charge in [-0.15, -0.1) is 0 Å². The van der Waals surface area contributed by atoms with E-state index in [1.54, 1.807) is 0 Å². The van der Waals surface area contributed by atoms with E-state index in [4.69, 9.17) is 0 Å². The Morgan fingerprint density at radius 3 is 2.68 bits per heavy atom. The zero-order chi connectivity index (χ0) is 14.4. The van der Waals surface area contributed by atoms with Crippen molar-refractivity contribution >= 4 is 21.8 Å². The maximum Gasteiger partial charge on any atom is 0.234 e. The third-order valence-electron chi connectivity index (χ3n) is 2.91. The second kappa shape index (κ2) is 7.65. The Bertz CT molecular complexity index is 431. The van der Waals surface area contributed by atoms with E-state index in [2.05, 4.69) is 33.3 Å². The van der Waals surface area contributed by atoms with Crippen molar-refractivity contribution in [1.82, 2.24) is 20.0 Å². The van der Waals surface area contributed by atoms with Crippen molar-refractivity contribution in [2.75, 3.05) is 20.1 Å². The van der Waals surface area contributed by atoms with Gasteiger partial charge in [0.05, 0.1) is 22.4 Å². The molecule has 1 rings (SSSR count). The molecule has 1 amide bonds. The van der Waals surface area contributed by atoms with Crippen molar-refractivity contribution in [2.45, 2.75) is 33.2 Å². The van der Waals surface area contributed by atoms with Crippen LogP contribution in [0.3, 0.4) is 0 Å². The minimum absolute atomic E-state index is 0.0679. The lowest BCUT2D eigenvalue weighted by molar-refractivity contribution is -0.122. The van der Waals surface area contributed by atoms with Crippen LogP contribution in [0.5, 0.6) is 0 Å². The quantitative estimate of drug-likeness (QED) is 0.827. The molecule has 0 bridgehead atoms. The average molecular weight is 331 g/mol. The molecule has 6 heteroatoms. The van der Waals surface area contributed by atoms with Crippen LogP contribution in [0.4, 0.5) is 0 Å². The molecule has 0 saturated carbocycles. The van der Waals surface area contributed by atoms with Gasteiger partial charge in [0, 0.05) is 20.1 Å². The third kappa shape index (κ3) is 4.62. The number of nitrogens with zero attached hydrogens (tertiary/aromatic N) is 3. The van der Waals surface area contributed by atoms with Crippen molar-refractivity contribution in [3.05, 3.63) is 15.9 Å². The highest BCUT2D eigenvalue weighted by molar-refractivity contribution is 9.10. The van der Waals surface area contributed by atoms with E-state index >= 15 is 0 Å². The first-order chi connectivity index (χ1) is 8.99. The number of aryl methyl sites for hydroxylation is 2. The molecule has 0 aromatic carbocycles. The van der Waals surface area contributed by atoms with Gasteiger partial charge < -0.3 is 5.32 Å². The molecule has 0 saturated heterocycles. The lowest BCUT2D eigenvalue weighted by atomic mass is 10.3. The van der Waals surface area contributed by atoms with Crippen molar-refractivity contribution in [2.24, 2.45) is 7.05 Å². The van der Waals surface area contributed by atoms with E-state index in [0.29, 0.717) is 13.1 Å². The first-order valence-corrected chi connectivity index (χ1v) is 7.44. The number of halogens is 1. The van der Waals surface area contributed by atoms with Gasteiger partial charge in [-0.25, -0.2) is 0 Å². The van der Waals surface area contributed by atoms with E-state index in [1.807, 2.05) is 30.6 Å². The lowest BCUT2D eigenvalue weighted by Gasteiger charge is -2.16. The number of hydrogen-bond donors (Lipinski definition) is 1. The standard InChI is InChI=1S/C13H23BrN4O/c1-5-7-15-12(19)9-17(3)8-11-13(14)10(6-2)16-18(11)4/h5-9H2,1-4H3,(H,15,19). The first-order valence-electron chi connectivity index (χ1n) is 6.65. The molecule has 0 radical (unpaired) electrons. The number of aromatic nitrogens is 2. The van der Waals surface area contributed by atoms with Crippen LogP contribution < -0.4 is 5.32 Å². The maximum absolute atomic E-state index is 11.6. The van der Waals surface area contributed by atoms with Crippen LogP contribution in [0.2, 0.25) is 0 Å². The van der Waals surface area contributed by atoms with Crippen LogP contribution in [0.1, 0.15) is 31.7 Å². The monoisotopic (exact) mass is 330 g/mol. The summed E-state index contributed by atoms with van der Waals surface area (Å²) in [6.45, 7) is 5.96. The molecule has 0 unspecified atom stereocenters. The van der Waals surface area contributed by atoms with Gasteiger partial charge >= 0.3 is 0 Å². The van der Waals surface area contributed by atoms with E-state index in [9.17, 15) is 4.79 Å². The van der Waals surface area contributed by atoms with E-state index < -0.39 is 0 Å². The number of carbonyl (C=O) groups is 1. The number of carbonyl (C=O) groups excluding carboxylic acids is 1. The summed E-state index contributed by atoms with van der Waals surface area (Å²) in [4.78, 5) is 13.6. The largest absolute Gasteiger partial charge is 0.355 e. The van der Waals surface area contributed by atoms with Crippen molar-refractivity contribution in [1.29, 1.82) is 0 Å². The average Bonchev–Trinajstić information content (AvgIpc) is 2.63. The Kier molecular flexibility index (Phi) is 6.51. The second-order valence-corrected chi connectivity index (χ2v) is 5.50. The molecule has 0 aliphatic carbocycles. The predicted octanol–water partition coefficient (Wildman–Crippen LogP) is 1.70. The van der Waals surface area contributed by atoms with E-state index in [1.165, 1.54) is 0 Å². The molecule has 1 heterocycles. The molecule has 0 aliphatic rings. The van der Waals surface area contributed by atoms with Gasteiger partial charge in [0.15, 0.2) is 0 Å². The smallest absolute Gasteiger partial charge is 0.234 e. The third-order valence-corrected chi connectivity index (χ3v) is 3.82. The molecular weight excluding hydrogens is 308 g/mol. The molecule has 0 spiro atoms. The summed E-state index contributed by atoms with van der Waals surface area (Å²) in [5.41, 5.74) is 2.16. The highest BCUT2D eigenvalue weighted by Crippen LogP contribution is 2.22. The van der Waals surface area contributed by atoms with Crippen LogP contribution in [-0.2, 0) is 24.8 Å². The first kappa shape index (κ1) is 16.2. The number of likely N-dealkylation sites (N-methyl/N-ethyl adjacent to an activating group) is 1. The topological polar surface area (TPSA) is 50.2 Å². The molecule has 19 heavy (non-hydrogen) atoms. The highest BCUT2D eigenvalue weighted by atomic mass is 79.9. The SMILES string of the molecule is CCCNC(=O)CN(C)Cc1c(Br)c(CC)nn1C. The summed E-state index contributed by atoms with van der Waals surface area (Å²) in [5, 5.41) is 7.33. The van der Waals surface area contributed by atoms with Gasteiger partial charge in [-0.1, -0.05) is 13.8 Å². The van der Waals surface area contributed by atoms with Gasteiger partial charge in [0.2, 0.25) is 5.91 Å². The Balaban J connectivity index is 2.59. The Morgan fingerprint density at radius 1 is 1.47 bits per heavy atom. The molecule has 1 N–H and O–H groups in total. The predicted molar refractivity (Wildman–Crippen MR) is 79.9 cm³/mol. The zero-order valence-electron chi connectivity index (χ0n) is 12.2. The van der Waals surface area contributed by atoms with Gasteiger partial charge in [-0.3, -0.25) is 14.4 Å². The van der Waals surface area contributed by atoms with Gasteiger partial charge in [-0.05, 0) is 35.8 Å². The van der Waals surface area contributed by atoms with E-state index in [0.717, 1.165) is 35.2 Å². The molecule has 1 aromatic rings. The van der Waals surface area contributed by atoms with Crippen LogP contribution >= 0.6 is 15.9 Å². The normalized spacial score (nSPS) is 11.1. The summed E-state index contributed by atoms with van der Waals surface area (Å²) in [7, 11) is 3.88. The highest BCUT2D eigenvalue weighted by Gasteiger charge is 2.15. The molecule has 0 aliphatic heterocycles. The van der Waals surface area contributed by atoms with Gasteiger partial charge in [0.1, 0.15) is 0 Å². The van der Waals surface area contributed by atoms with Gasteiger partial charge in [0.25, 0.3) is 0 Å². The molecule has 5 nitrogen and oxygen atoms in total. The summed E-state index contributed by atoms with van der Waals surface area (Å²) in [6, 6.07) is 0. The molecule has 1 aromatic heterocycles. The maximum atomic E-state index is 11.6. The van der Waals surface area contributed by atoms with Crippen LogP contribution in [0.25, 0.3) is 0 Å². The molecular formula is C13H23BrN4O. The minimum atomic E-state index is 0.0679. The molecule has 108 valence electrons. The van der Waals surface area contributed by atoms with E-state index in [-0.39, 0.29) is 5.91 Å². The number of amides is 1. The summed E-state index contributed by atoms with van der Waals surface area (Å²) in [6.07, 6.45) is 1.86. The summed E-state index contributed by atoms with van der Waals surface area (Å²) < 4.78 is 2.93. The van der Waals surface area contributed by atoms with Crippen LogP contribution in [-0.4, -0.2) is 40.7 Å². The Labute approximate surface area is 123 Å². The Hall–Kier alpha value is -0.880. The van der Waals surface area contributed by atoms with Crippen molar-refractivity contribution in [3.8, 4) is 0 Å². The van der Waals surface area contributed by atoms with Crippen molar-refractivity contribution in [3.63, 3.8) is 0 Å². The summed E-state index contributed by atoms with van der Waals surface area (Å²) >= 11 is 3.59. The second-order valence-electron chi connectivity index (χ2n) is 4.71. The van der Waals surface area contributed by atoms with Crippen molar-refractivity contribution < 1.29 is 4.79 Å². The lowest BCUT2D eigenvalue weighted by Crippen LogP contribution is -2.35. The van der Waals surface area contributed by atoms with Crippen LogP contribution in [0, 0.1) is 0 Å².